The third-order valence-corrected chi connectivity index (χ3v) is 3.54. The summed E-state index contributed by atoms with van der Waals surface area (Å²) in [7, 11) is 1.67. The van der Waals surface area contributed by atoms with Crippen molar-refractivity contribution in [1.29, 1.82) is 0 Å². The Balaban J connectivity index is 1.90. The smallest absolute Gasteiger partial charge is 0.137 e. The summed E-state index contributed by atoms with van der Waals surface area (Å²) in [5.41, 5.74) is 1.08. The van der Waals surface area contributed by atoms with Crippen LogP contribution >= 0.6 is 0 Å². The Morgan fingerprint density at radius 3 is 3.05 bits per heavy atom. The Morgan fingerprint density at radius 2 is 2.21 bits per heavy atom. The van der Waals surface area contributed by atoms with Crippen LogP contribution in [0.15, 0.2) is 24.3 Å². The van der Waals surface area contributed by atoms with Crippen LogP contribution in [0.2, 0.25) is 0 Å². The Labute approximate surface area is 111 Å². The highest BCUT2D eigenvalue weighted by atomic mass is 16.5. The van der Waals surface area contributed by atoms with Gasteiger partial charge in [-0.05, 0) is 12.5 Å². The number of methoxy groups -OCH3 is 1. The molecule has 1 atom stereocenters. The highest BCUT2D eigenvalue weighted by Crippen LogP contribution is 2.22. The molecule has 0 fully saturated rings. The monoisotopic (exact) mass is 259 g/mol. The van der Waals surface area contributed by atoms with E-state index in [1.807, 2.05) is 28.8 Å². The van der Waals surface area contributed by atoms with Crippen molar-refractivity contribution in [2.24, 2.45) is 0 Å². The molecule has 5 nitrogen and oxygen atoms in total. The number of hydrogen-bond acceptors (Lipinski definition) is 4. The minimum Gasteiger partial charge on any atom is -0.496 e. The van der Waals surface area contributed by atoms with Gasteiger partial charge in [-0.25, -0.2) is 0 Å². The minimum atomic E-state index is -0.292. The predicted octanol–water partition coefficient (Wildman–Crippen LogP) is 1.18. The normalized spacial score (nSPS) is 18.1. The van der Waals surface area contributed by atoms with Gasteiger partial charge in [-0.15, -0.1) is 10.2 Å². The van der Waals surface area contributed by atoms with Crippen molar-refractivity contribution in [1.82, 2.24) is 14.8 Å². The summed E-state index contributed by atoms with van der Waals surface area (Å²) in [6.45, 7) is 0.590. The summed E-state index contributed by atoms with van der Waals surface area (Å²) in [5.74, 6) is 2.71. The van der Waals surface area contributed by atoms with Gasteiger partial charge in [-0.2, -0.15) is 0 Å². The number of benzene rings is 1. The lowest BCUT2D eigenvalue weighted by Gasteiger charge is -2.20. The molecule has 2 aromatic rings. The maximum absolute atomic E-state index is 9.76. The van der Waals surface area contributed by atoms with Crippen molar-refractivity contribution in [3.05, 3.63) is 41.5 Å². The molecule has 1 aromatic carbocycles. The Bertz CT molecular complexity index is 580. The van der Waals surface area contributed by atoms with E-state index in [0.717, 1.165) is 35.8 Å². The molecule has 0 bridgehead atoms. The van der Waals surface area contributed by atoms with E-state index in [4.69, 9.17) is 4.74 Å². The number of ether oxygens (including phenoxy) is 1. The summed E-state index contributed by atoms with van der Waals surface area (Å²) in [5, 5.41) is 18.2. The fourth-order valence-electron chi connectivity index (χ4n) is 2.52. The van der Waals surface area contributed by atoms with Crippen LogP contribution in [0.1, 0.15) is 23.6 Å². The van der Waals surface area contributed by atoms with Gasteiger partial charge in [0, 0.05) is 18.4 Å². The zero-order chi connectivity index (χ0) is 13.2. The first-order valence-electron chi connectivity index (χ1n) is 6.49. The van der Waals surface area contributed by atoms with E-state index in [1.54, 1.807) is 7.11 Å². The standard InChI is InChI=1S/C14H17N3O2/c1-19-12-5-3-2-4-10(12)8-14-16-15-13-7-6-11(18)9-17(13)14/h2-5,11,18H,6-9H2,1H3. The second-order valence-corrected chi connectivity index (χ2v) is 4.82. The molecule has 5 heteroatoms. The average Bonchev–Trinajstić information content (AvgIpc) is 2.82. The van der Waals surface area contributed by atoms with Crippen LogP contribution in [0.5, 0.6) is 5.75 Å². The van der Waals surface area contributed by atoms with Gasteiger partial charge in [0.15, 0.2) is 0 Å². The first-order valence-corrected chi connectivity index (χ1v) is 6.49. The lowest BCUT2D eigenvalue weighted by Crippen LogP contribution is -2.25. The van der Waals surface area contributed by atoms with E-state index in [1.165, 1.54) is 0 Å². The maximum Gasteiger partial charge on any atom is 0.137 e. The molecule has 1 aliphatic rings. The number of hydrogen-bond donors (Lipinski definition) is 1. The number of para-hydroxylation sites is 1. The molecule has 0 saturated heterocycles. The molecule has 1 unspecified atom stereocenters. The lowest BCUT2D eigenvalue weighted by atomic mass is 10.1. The number of aryl methyl sites for hydroxylation is 1. The second-order valence-electron chi connectivity index (χ2n) is 4.82. The van der Waals surface area contributed by atoms with Crippen LogP contribution in [0.3, 0.4) is 0 Å². The molecule has 0 spiro atoms. The van der Waals surface area contributed by atoms with Crippen molar-refractivity contribution in [2.75, 3.05) is 7.11 Å². The van der Waals surface area contributed by atoms with Gasteiger partial charge in [0.2, 0.25) is 0 Å². The van der Waals surface area contributed by atoms with Crippen LogP contribution in [0.25, 0.3) is 0 Å². The van der Waals surface area contributed by atoms with E-state index in [2.05, 4.69) is 10.2 Å². The molecule has 3 rings (SSSR count). The number of nitrogens with zero attached hydrogens (tertiary/aromatic N) is 3. The van der Waals surface area contributed by atoms with Crippen LogP contribution in [-0.4, -0.2) is 33.1 Å². The summed E-state index contributed by atoms with van der Waals surface area (Å²) in [4.78, 5) is 0. The second kappa shape index (κ2) is 5.01. The van der Waals surface area contributed by atoms with Crippen molar-refractivity contribution in [2.45, 2.75) is 31.9 Å². The molecule has 0 saturated carbocycles. The minimum absolute atomic E-state index is 0.292. The average molecular weight is 259 g/mol. The molecule has 0 aliphatic carbocycles. The Morgan fingerprint density at radius 1 is 1.37 bits per heavy atom. The quantitative estimate of drug-likeness (QED) is 0.899. The summed E-state index contributed by atoms with van der Waals surface area (Å²) >= 11 is 0. The SMILES string of the molecule is COc1ccccc1Cc1nnc2n1CC(O)CC2. The predicted molar refractivity (Wildman–Crippen MR) is 70.1 cm³/mol. The topological polar surface area (TPSA) is 60.2 Å². The van der Waals surface area contributed by atoms with E-state index >= 15 is 0 Å². The molecule has 0 radical (unpaired) electrons. The van der Waals surface area contributed by atoms with Gasteiger partial charge in [0.1, 0.15) is 17.4 Å². The van der Waals surface area contributed by atoms with Crippen LogP contribution < -0.4 is 4.74 Å². The molecule has 1 aromatic heterocycles. The largest absolute Gasteiger partial charge is 0.496 e. The zero-order valence-electron chi connectivity index (χ0n) is 10.9. The fraction of sp³-hybridized carbons (Fsp3) is 0.429. The third-order valence-electron chi connectivity index (χ3n) is 3.54. The van der Waals surface area contributed by atoms with Crippen LogP contribution in [-0.2, 0) is 19.4 Å². The van der Waals surface area contributed by atoms with Crippen molar-refractivity contribution in [3.63, 3.8) is 0 Å². The van der Waals surface area contributed by atoms with Gasteiger partial charge in [-0.1, -0.05) is 18.2 Å². The molecule has 19 heavy (non-hydrogen) atoms. The fourth-order valence-corrected chi connectivity index (χ4v) is 2.52. The third kappa shape index (κ3) is 2.33. The van der Waals surface area contributed by atoms with E-state index in [-0.39, 0.29) is 6.10 Å². The van der Waals surface area contributed by atoms with E-state index in [0.29, 0.717) is 13.0 Å². The summed E-state index contributed by atoms with van der Waals surface area (Å²) < 4.78 is 7.38. The number of aromatic nitrogens is 3. The van der Waals surface area contributed by atoms with Crippen LogP contribution in [0.4, 0.5) is 0 Å². The highest BCUT2D eigenvalue weighted by Gasteiger charge is 2.21. The van der Waals surface area contributed by atoms with Gasteiger partial charge in [0.25, 0.3) is 0 Å². The maximum atomic E-state index is 9.76. The molecule has 1 aliphatic heterocycles. The molecular formula is C14H17N3O2. The van der Waals surface area contributed by atoms with Crippen LogP contribution in [0, 0.1) is 0 Å². The first-order chi connectivity index (χ1) is 9.28. The summed E-state index contributed by atoms with van der Waals surface area (Å²) in [6, 6.07) is 7.91. The lowest BCUT2D eigenvalue weighted by molar-refractivity contribution is 0.129. The number of aliphatic hydroxyl groups is 1. The molecule has 2 heterocycles. The molecule has 1 N–H and O–H groups in total. The highest BCUT2D eigenvalue weighted by molar-refractivity contribution is 5.35. The van der Waals surface area contributed by atoms with E-state index in [9.17, 15) is 5.11 Å². The molecular weight excluding hydrogens is 242 g/mol. The first kappa shape index (κ1) is 12.2. The van der Waals surface area contributed by atoms with E-state index < -0.39 is 0 Å². The van der Waals surface area contributed by atoms with Crippen molar-refractivity contribution >= 4 is 0 Å². The van der Waals surface area contributed by atoms with Crippen molar-refractivity contribution in [3.8, 4) is 5.75 Å². The number of rotatable bonds is 3. The zero-order valence-corrected chi connectivity index (χ0v) is 10.9. The number of fused-ring (bicyclic) bond motifs is 1. The Hall–Kier alpha value is -1.88. The van der Waals surface area contributed by atoms with Gasteiger partial charge in [0.05, 0.1) is 19.8 Å². The van der Waals surface area contributed by atoms with Gasteiger partial charge < -0.3 is 14.4 Å². The summed E-state index contributed by atoms with van der Waals surface area (Å²) in [6.07, 6.45) is 1.94. The van der Waals surface area contributed by atoms with Gasteiger partial charge in [-0.3, -0.25) is 0 Å². The van der Waals surface area contributed by atoms with Gasteiger partial charge >= 0.3 is 0 Å². The number of aliphatic hydroxyl groups excluding tert-OH is 1. The molecule has 0 amide bonds. The molecule has 100 valence electrons. The Kier molecular flexibility index (Phi) is 3.21. The van der Waals surface area contributed by atoms with Crippen molar-refractivity contribution < 1.29 is 9.84 Å².